The monoisotopic (exact) mass is 376 g/mol. The van der Waals surface area contributed by atoms with Gasteiger partial charge in [-0.15, -0.1) is 0 Å². The molecule has 0 aromatic carbocycles. The summed E-state index contributed by atoms with van der Waals surface area (Å²) in [6, 6.07) is 0. The van der Waals surface area contributed by atoms with E-state index in [1.807, 2.05) is 0 Å². The van der Waals surface area contributed by atoms with Crippen LogP contribution < -0.4 is 0 Å². The second-order valence-electron chi connectivity index (χ2n) is 5.63. The Balaban J connectivity index is 6.81. The fourth-order valence-electron chi connectivity index (χ4n) is 1.73. The van der Waals surface area contributed by atoms with E-state index in [0.29, 0.717) is 0 Å². The van der Waals surface area contributed by atoms with Crippen LogP contribution in [0.25, 0.3) is 0 Å². The van der Waals surface area contributed by atoms with Gasteiger partial charge in [0.2, 0.25) is 0 Å². The quantitative estimate of drug-likeness (QED) is 0.549. The van der Waals surface area contributed by atoms with E-state index in [0.717, 1.165) is 0 Å². The number of hydrogen-bond acceptors (Lipinski definition) is 0. The first-order chi connectivity index (χ1) is 9.50. The lowest BCUT2D eigenvalue weighted by Crippen LogP contribution is -2.75. The maximum Gasteiger partial charge on any atom is 0.460 e. The van der Waals surface area contributed by atoms with E-state index in [9.17, 15) is 57.1 Å². The van der Waals surface area contributed by atoms with Crippen molar-refractivity contribution in [1.29, 1.82) is 0 Å². The predicted octanol–water partition coefficient (Wildman–Crippen LogP) is 5.77. The average Bonchev–Trinajstić information content (AvgIpc) is 2.22. The van der Waals surface area contributed by atoms with Gasteiger partial charge in [0.05, 0.1) is 0 Å². The normalized spacial score (nSPS) is 18.8. The molecule has 0 fully saturated rings. The van der Waals surface area contributed by atoms with Crippen molar-refractivity contribution < 1.29 is 57.1 Å². The molecule has 0 spiro atoms. The van der Waals surface area contributed by atoms with Gasteiger partial charge in [0, 0.05) is 5.41 Å². The van der Waals surface area contributed by atoms with Crippen molar-refractivity contribution in [3.05, 3.63) is 0 Å². The fourth-order valence-corrected chi connectivity index (χ4v) is 1.73. The van der Waals surface area contributed by atoms with Gasteiger partial charge < -0.3 is 0 Å². The summed E-state index contributed by atoms with van der Waals surface area (Å²) in [6.07, 6.45) is -14.4. The van der Waals surface area contributed by atoms with E-state index in [-0.39, 0.29) is 20.8 Å². The van der Waals surface area contributed by atoms with Crippen LogP contribution in [0.3, 0.4) is 0 Å². The van der Waals surface area contributed by atoms with E-state index >= 15 is 0 Å². The summed E-state index contributed by atoms with van der Waals surface area (Å²) in [5.41, 5.74) is -10.3. The molecule has 0 saturated carbocycles. The summed E-state index contributed by atoms with van der Waals surface area (Å²) >= 11 is 0. The number of alkyl halides is 13. The highest BCUT2D eigenvalue weighted by Gasteiger charge is 2.92. The van der Waals surface area contributed by atoms with Crippen LogP contribution in [-0.4, -0.2) is 35.8 Å². The highest BCUT2D eigenvalue weighted by Crippen LogP contribution is 2.64. The first kappa shape index (κ1) is 22.1. The molecule has 0 heterocycles. The Morgan fingerprint density at radius 3 is 0.826 bits per heavy atom. The Kier molecular flexibility index (Phi) is 4.84. The lowest BCUT2D eigenvalue weighted by atomic mass is 9.68. The Bertz CT molecular complexity index is 435. The van der Waals surface area contributed by atoms with Crippen LogP contribution in [0.5, 0.6) is 0 Å². The van der Waals surface area contributed by atoms with Crippen LogP contribution in [-0.2, 0) is 0 Å². The maximum absolute atomic E-state index is 14.2. The van der Waals surface area contributed by atoms with E-state index < -0.39 is 41.2 Å². The molecular formula is C10H9F13. The molecule has 1 atom stereocenters. The van der Waals surface area contributed by atoms with Gasteiger partial charge in [-0.2, -0.15) is 52.7 Å². The lowest BCUT2D eigenvalue weighted by molar-refractivity contribution is -0.440. The summed E-state index contributed by atoms with van der Waals surface area (Å²) in [5, 5.41) is 0. The second-order valence-corrected chi connectivity index (χ2v) is 5.63. The van der Waals surface area contributed by atoms with Crippen molar-refractivity contribution in [3.63, 3.8) is 0 Å². The Morgan fingerprint density at radius 2 is 0.652 bits per heavy atom. The van der Waals surface area contributed by atoms with Crippen LogP contribution in [0.15, 0.2) is 0 Å². The third-order valence-corrected chi connectivity index (χ3v) is 3.01. The summed E-state index contributed by atoms with van der Waals surface area (Å²) in [5.74, 6) is -22.1. The SMILES string of the molecule is CC(C)(C)C(F)(C(F)(F)C(F)(F)F)C(F)(F)C(F)(F)C(F)(F)F. The molecule has 0 nitrogen and oxygen atoms in total. The van der Waals surface area contributed by atoms with Crippen LogP contribution in [0.1, 0.15) is 20.8 Å². The molecule has 0 radical (unpaired) electrons. The Labute approximate surface area is 120 Å². The standard InChI is InChI=1S/C10H9F13/c1-4(2,3)5(11,7(14,15)9(18,19)20)6(12,13)8(16,17)10(21,22)23/h1-3H3. The zero-order valence-corrected chi connectivity index (χ0v) is 11.4. The van der Waals surface area contributed by atoms with Gasteiger partial charge in [0.1, 0.15) is 0 Å². The molecule has 0 N–H and O–H groups in total. The van der Waals surface area contributed by atoms with Crippen LogP contribution in [0.2, 0.25) is 0 Å². The minimum atomic E-state index is -7.49. The van der Waals surface area contributed by atoms with Gasteiger partial charge in [-0.25, -0.2) is 4.39 Å². The molecule has 0 aromatic heterocycles. The molecule has 0 aliphatic rings. The molecule has 0 aliphatic heterocycles. The van der Waals surface area contributed by atoms with Crippen molar-refractivity contribution >= 4 is 0 Å². The van der Waals surface area contributed by atoms with Gasteiger partial charge in [-0.1, -0.05) is 20.8 Å². The van der Waals surface area contributed by atoms with Crippen molar-refractivity contribution in [2.75, 3.05) is 0 Å². The molecule has 0 bridgehead atoms. The highest BCUT2D eigenvalue weighted by atomic mass is 19.4. The molecule has 0 amide bonds. The molecule has 140 valence electrons. The van der Waals surface area contributed by atoms with Gasteiger partial charge in [-0.3, -0.25) is 0 Å². The number of rotatable bonds is 3. The van der Waals surface area contributed by atoms with Crippen molar-refractivity contribution in [2.45, 2.75) is 56.6 Å². The topological polar surface area (TPSA) is 0 Å². The molecule has 13 heteroatoms. The minimum absolute atomic E-state index is 0.0903. The van der Waals surface area contributed by atoms with E-state index in [4.69, 9.17) is 0 Å². The number of hydrogen-bond donors (Lipinski definition) is 0. The first-order valence-corrected chi connectivity index (χ1v) is 5.46. The molecule has 0 rings (SSSR count). The minimum Gasteiger partial charge on any atom is -0.229 e. The smallest absolute Gasteiger partial charge is 0.229 e. The van der Waals surface area contributed by atoms with Gasteiger partial charge in [0.25, 0.3) is 5.67 Å². The van der Waals surface area contributed by atoms with E-state index in [2.05, 4.69) is 0 Å². The summed E-state index contributed by atoms with van der Waals surface area (Å²) in [7, 11) is 0. The van der Waals surface area contributed by atoms with E-state index in [1.165, 1.54) is 0 Å². The highest BCUT2D eigenvalue weighted by molar-refractivity contribution is 5.18. The predicted molar refractivity (Wildman–Crippen MR) is 50.2 cm³/mol. The molecule has 1 unspecified atom stereocenters. The molecule has 0 saturated heterocycles. The largest absolute Gasteiger partial charge is 0.460 e. The van der Waals surface area contributed by atoms with Crippen LogP contribution in [0.4, 0.5) is 57.1 Å². The lowest BCUT2D eigenvalue weighted by Gasteiger charge is -2.49. The van der Waals surface area contributed by atoms with Crippen LogP contribution >= 0.6 is 0 Å². The summed E-state index contributed by atoms with van der Waals surface area (Å²) in [4.78, 5) is 0. The van der Waals surface area contributed by atoms with Crippen molar-refractivity contribution in [3.8, 4) is 0 Å². The molecule has 23 heavy (non-hydrogen) atoms. The van der Waals surface area contributed by atoms with Crippen LogP contribution in [0, 0.1) is 5.41 Å². The Hall–Kier alpha value is -0.910. The fraction of sp³-hybridized carbons (Fsp3) is 1.00. The van der Waals surface area contributed by atoms with Crippen molar-refractivity contribution in [2.24, 2.45) is 5.41 Å². The third kappa shape index (κ3) is 2.73. The second kappa shape index (κ2) is 5.04. The van der Waals surface area contributed by atoms with Gasteiger partial charge in [0.15, 0.2) is 0 Å². The maximum atomic E-state index is 14.2. The van der Waals surface area contributed by atoms with Gasteiger partial charge in [-0.05, 0) is 0 Å². The zero-order chi connectivity index (χ0) is 19.5. The molecular weight excluding hydrogens is 367 g/mol. The Morgan fingerprint density at radius 1 is 0.391 bits per heavy atom. The van der Waals surface area contributed by atoms with Gasteiger partial charge >= 0.3 is 30.1 Å². The molecule has 0 aromatic rings. The number of halogens is 13. The average molecular weight is 376 g/mol. The zero-order valence-electron chi connectivity index (χ0n) is 11.4. The first-order valence-electron chi connectivity index (χ1n) is 5.46. The van der Waals surface area contributed by atoms with Crippen molar-refractivity contribution in [1.82, 2.24) is 0 Å². The van der Waals surface area contributed by atoms with E-state index in [1.54, 1.807) is 0 Å². The summed E-state index contributed by atoms with van der Waals surface area (Å²) in [6.45, 7) is -0.271. The third-order valence-electron chi connectivity index (χ3n) is 3.01. The summed E-state index contributed by atoms with van der Waals surface area (Å²) < 4.78 is 166. The molecule has 0 aliphatic carbocycles.